The van der Waals surface area contributed by atoms with E-state index >= 15 is 0 Å². The third kappa shape index (κ3) is 5.31. The Morgan fingerprint density at radius 2 is 2.35 bits per heavy atom. The van der Waals surface area contributed by atoms with Crippen molar-refractivity contribution in [1.29, 1.82) is 0 Å². The van der Waals surface area contributed by atoms with Crippen molar-refractivity contribution < 1.29 is 4.79 Å². The summed E-state index contributed by atoms with van der Waals surface area (Å²) in [6, 6.07) is 7.63. The van der Waals surface area contributed by atoms with Gasteiger partial charge in [-0.1, -0.05) is 23.7 Å². The van der Waals surface area contributed by atoms with E-state index in [1.807, 2.05) is 31.2 Å². The van der Waals surface area contributed by atoms with Gasteiger partial charge in [-0.15, -0.1) is 12.4 Å². The van der Waals surface area contributed by atoms with E-state index in [-0.39, 0.29) is 24.4 Å². The van der Waals surface area contributed by atoms with Crippen LogP contribution in [-0.4, -0.2) is 19.0 Å². The molecule has 1 saturated heterocycles. The predicted molar refractivity (Wildman–Crippen MR) is 85.5 cm³/mol. The topological polar surface area (TPSA) is 41.1 Å². The fourth-order valence-corrected chi connectivity index (χ4v) is 2.67. The van der Waals surface area contributed by atoms with Gasteiger partial charge in [0.25, 0.3) is 0 Å². The molecule has 2 rings (SSSR count). The Labute approximate surface area is 131 Å². The summed E-state index contributed by atoms with van der Waals surface area (Å²) in [4.78, 5) is 11.9. The fraction of sp³-hybridized carbons (Fsp3) is 0.533. The summed E-state index contributed by atoms with van der Waals surface area (Å²) in [6.07, 6.45) is 2.77. The van der Waals surface area contributed by atoms with E-state index < -0.39 is 0 Å². The van der Waals surface area contributed by atoms with Crippen molar-refractivity contribution in [3.05, 3.63) is 34.9 Å². The number of benzene rings is 1. The lowest BCUT2D eigenvalue weighted by atomic mass is 10.0. The summed E-state index contributed by atoms with van der Waals surface area (Å²) in [6.45, 7) is 4.13. The van der Waals surface area contributed by atoms with Crippen LogP contribution in [0.3, 0.4) is 0 Å². The van der Waals surface area contributed by atoms with Crippen LogP contribution in [0.25, 0.3) is 0 Å². The second-order valence-corrected chi connectivity index (χ2v) is 5.68. The van der Waals surface area contributed by atoms with Crippen LogP contribution in [0.15, 0.2) is 24.3 Å². The Balaban J connectivity index is 0.00000200. The molecule has 0 spiro atoms. The molecule has 1 fully saturated rings. The Morgan fingerprint density at radius 1 is 1.55 bits per heavy atom. The quantitative estimate of drug-likeness (QED) is 0.874. The van der Waals surface area contributed by atoms with E-state index in [9.17, 15) is 4.79 Å². The Kier molecular flexibility index (Phi) is 7.35. The van der Waals surface area contributed by atoms with Gasteiger partial charge in [-0.25, -0.2) is 0 Å². The van der Waals surface area contributed by atoms with Crippen molar-refractivity contribution in [1.82, 2.24) is 10.6 Å². The van der Waals surface area contributed by atoms with E-state index in [0.29, 0.717) is 17.4 Å². The van der Waals surface area contributed by atoms with E-state index in [4.69, 9.17) is 11.6 Å². The number of nitrogens with one attached hydrogen (secondary N) is 2. The van der Waals surface area contributed by atoms with Crippen LogP contribution in [0, 0.1) is 5.92 Å². The highest BCUT2D eigenvalue weighted by Crippen LogP contribution is 2.18. The zero-order valence-corrected chi connectivity index (χ0v) is 13.3. The van der Waals surface area contributed by atoms with Crippen molar-refractivity contribution >= 4 is 29.9 Å². The molecule has 1 amide bonds. The van der Waals surface area contributed by atoms with Crippen LogP contribution in [0.2, 0.25) is 5.02 Å². The SMILES string of the molecule is CC(NC(=O)CCC1CCNC1)c1cccc(Cl)c1.Cl. The van der Waals surface area contributed by atoms with Gasteiger partial charge in [-0.2, -0.15) is 0 Å². The number of amides is 1. The van der Waals surface area contributed by atoms with Gasteiger partial charge >= 0.3 is 0 Å². The van der Waals surface area contributed by atoms with Gasteiger partial charge in [0.1, 0.15) is 0 Å². The zero-order chi connectivity index (χ0) is 13.7. The number of rotatable bonds is 5. The first-order valence-corrected chi connectivity index (χ1v) is 7.28. The van der Waals surface area contributed by atoms with Gasteiger partial charge in [0.2, 0.25) is 5.91 Å². The maximum Gasteiger partial charge on any atom is 0.220 e. The van der Waals surface area contributed by atoms with Gasteiger partial charge in [0.15, 0.2) is 0 Å². The lowest BCUT2D eigenvalue weighted by molar-refractivity contribution is -0.122. The molecule has 0 saturated carbocycles. The van der Waals surface area contributed by atoms with Crippen molar-refractivity contribution in [2.75, 3.05) is 13.1 Å². The van der Waals surface area contributed by atoms with E-state index in [1.165, 1.54) is 6.42 Å². The van der Waals surface area contributed by atoms with Crippen molar-refractivity contribution in [2.45, 2.75) is 32.2 Å². The second kappa shape index (κ2) is 8.50. The Morgan fingerprint density at radius 3 is 3.00 bits per heavy atom. The van der Waals surface area contributed by atoms with Crippen LogP contribution in [-0.2, 0) is 4.79 Å². The number of carbonyl (C=O) groups excluding carboxylic acids is 1. The molecule has 2 unspecified atom stereocenters. The molecule has 0 radical (unpaired) electrons. The first kappa shape index (κ1) is 17.3. The fourth-order valence-electron chi connectivity index (χ4n) is 2.47. The lowest BCUT2D eigenvalue weighted by Crippen LogP contribution is -2.27. The van der Waals surface area contributed by atoms with Gasteiger partial charge in [-0.3, -0.25) is 4.79 Å². The van der Waals surface area contributed by atoms with Gasteiger partial charge < -0.3 is 10.6 Å². The molecular weight excluding hydrogens is 295 g/mol. The van der Waals surface area contributed by atoms with Crippen LogP contribution >= 0.6 is 24.0 Å². The third-order valence-electron chi connectivity index (χ3n) is 3.67. The maximum atomic E-state index is 11.9. The molecule has 1 aromatic rings. The minimum absolute atomic E-state index is 0. The van der Waals surface area contributed by atoms with E-state index in [1.54, 1.807) is 0 Å². The van der Waals surface area contributed by atoms with Gasteiger partial charge in [-0.05, 0) is 56.5 Å². The largest absolute Gasteiger partial charge is 0.350 e. The molecule has 1 heterocycles. The summed E-state index contributed by atoms with van der Waals surface area (Å²) in [5, 5.41) is 7.06. The highest BCUT2D eigenvalue weighted by Gasteiger charge is 2.16. The molecule has 0 aliphatic carbocycles. The molecule has 2 N–H and O–H groups in total. The summed E-state index contributed by atoms with van der Waals surface area (Å²) in [5.74, 6) is 0.784. The highest BCUT2D eigenvalue weighted by atomic mass is 35.5. The minimum atomic E-state index is 0. The Bertz CT molecular complexity index is 434. The monoisotopic (exact) mass is 316 g/mol. The highest BCUT2D eigenvalue weighted by molar-refractivity contribution is 6.30. The number of halogens is 2. The molecule has 0 bridgehead atoms. The molecule has 1 aliphatic rings. The first-order chi connectivity index (χ1) is 9.15. The summed E-state index contributed by atoms with van der Waals surface area (Å²) < 4.78 is 0. The maximum absolute atomic E-state index is 11.9. The normalized spacial score (nSPS) is 19.2. The average molecular weight is 317 g/mol. The molecule has 0 aromatic heterocycles. The second-order valence-electron chi connectivity index (χ2n) is 5.24. The average Bonchev–Trinajstić information content (AvgIpc) is 2.89. The molecule has 1 aliphatic heterocycles. The molecule has 20 heavy (non-hydrogen) atoms. The van der Waals surface area contributed by atoms with Gasteiger partial charge in [0.05, 0.1) is 6.04 Å². The van der Waals surface area contributed by atoms with E-state index in [2.05, 4.69) is 10.6 Å². The minimum Gasteiger partial charge on any atom is -0.350 e. The van der Waals surface area contributed by atoms with Crippen molar-refractivity contribution in [2.24, 2.45) is 5.92 Å². The standard InChI is InChI=1S/C15H21ClN2O.ClH/c1-11(13-3-2-4-14(16)9-13)18-15(19)6-5-12-7-8-17-10-12;/h2-4,9,11-12,17H,5-8,10H2,1H3,(H,18,19);1H. The number of hydrogen-bond acceptors (Lipinski definition) is 2. The van der Waals surface area contributed by atoms with E-state index in [0.717, 1.165) is 25.1 Å². The van der Waals surface area contributed by atoms with Gasteiger partial charge in [0, 0.05) is 11.4 Å². The summed E-state index contributed by atoms with van der Waals surface area (Å²) in [5.41, 5.74) is 1.04. The van der Waals surface area contributed by atoms with Crippen LogP contribution in [0.1, 0.15) is 37.8 Å². The zero-order valence-electron chi connectivity index (χ0n) is 11.7. The number of carbonyl (C=O) groups is 1. The molecule has 112 valence electrons. The Hall–Kier alpha value is -0.770. The van der Waals surface area contributed by atoms with Crippen molar-refractivity contribution in [3.63, 3.8) is 0 Å². The molecule has 5 heteroatoms. The lowest BCUT2D eigenvalue weighted by Gasteiger charge is -2.15. The predicted octanol–water partition coefficient (Wildman–Crippen LogP) is 3.33. The first-order valence-electron chi connectivity index (χ1n) is 6.90. The van der Waals surface area contributed by atoms with Crippen LogP contribution in [0.5, 0.6) is 0 Å². The molecular formula is C15H22Cl2N2O. The third-order valence-corrected chi connectivity index (χ3v) is 3.90. The molecule has 2 atom stereocenters. The number of hydrogen-bond donors (Lipinski definition) is 2. The summed E-state index contributed by atoms with van der Waals surface area (Å²) in [7, 11) is 0. The molecule has 3 nitrogen and oxygen atoms in total. The van der Waals surface area contributed by atoms with Crippen molar-refractivity contribution in [3.8, 4) is 0 Å². The van der Waals surface area contributed by atoms with Crippen LogP contribution < -0.4 is 10.6 Å². The smallest absolute Gasteiger partial charge is 0.220 e. The summed E-state index contributed by atoms with van der Waals surface area (Å²) >= 11 is 5.95. The molecule has 1 aromatic carbocycles. The van der Waals surface area contributed by atoms with Crippen LogP contribution in [0.4, 0.5) is 0 Å².